The Bertz CT molecular complexity index is 584. The van der Waals surface area contributed by atoms with Crippen LogP contribution in [0.5, 0.6) is 5.75 Å². The van der Waals surface area contributed by atoms with E-state index in [2.05, 4.69) is 49.3 Å². The molecule has 23 heavy (non-hydrogen) atoms. The number of nitrogens with zero attached hydrogens (tertiary/aromatic N) is 1. The van der Waals surface area contributed by atoms with E-state index in [1.165, 1.54) is 11.1 Å². The fourth-order valence-electron chi connectivity index (χ4n) is 2.55. The van der Waals surface area contributed by atoms with E-state index in [1.54, 1.807) is 6.07 Å². The number of benzene rings is 2. The van der Waals surface area contributed by atoms with Crippen molar-refractivity contribution in [1.29, 1.82) is 0 Å². The predicted molar refractivity (Wildman–Crippen MR) is 97.3 cm³/mol. The molecule has 3 nitrogen and oxygen atoms in total. The number of likely N-dealkylation sites (N-methyl/N-ethyl adjacent to an activating group) is 1. The summed E-state index contributed by atoms with van der Waals surface area (Å²) in [5, 5.41) is 9.70. The summed E-state index contributed by atoms with van der Waals surface area (Å²) in [5.74, 6) is 0.316. The van der Waals surface area contributed by atoms with Crippen LogP contribution in [0.4, 0.5) is 0 Å². The van der Waals surface area contributed by atoms with Gasteiger partial charge in [0.2, 0.25) is 0 Å². The van der Waals surface area contributed by atoms with E-state index in [1.807, 2.05) is 19.1 Å². The molecular weight excluding hydrogens is 310 g/mol. The number of phenols is 1. The van der Waals surface area contributed by atoms with Gasteiger partial charge in [-0.25, -0.2) is 0 Å². The van der Waals surface area contributed by atoms with Gasteiger partial charge in [0.1, 0.15) is 5.75 Å². The van der Waals surface area contributed by atoms with Crippen molar-refractivity contribution in [3.63, 3.8) is 0 Å². The maximum Gasteiger partial charge on any atom is 0.115 e. The number of halogens is 1. The molecule has 1 atom stereocenters. The minimum atomic E-state index is 0. The fraction of sp³-hybridized carbons (Fsp3) is 0.368. The van der Waals surface area contributed by atoms with Crippen LogP contribution in [0.3, 0.4) is 0 Å². The smallest absolute Gasteiger partial charge is 0.115 e. The molecule has 2 aromatic carbocycles. The van der Waals surface area contributed by atoms with Gasteiger partial charge < -0.3 is 14.7 Å². The Morgan fingerprint density at radius 2 is 1.70 bits per heavy atom. The normalized spacial score (nSPS) is 12.0. The average Bonchev–Trinajstić information content (AvgIpc) is 2.51. The Balaban J connectivity index is 0.00000264. The van der Waals surface area contributed by atoms with E-state index in [9.17, 15) is 5.11 Å². The molecule has 0 fully saturated rings. The molecule has 0 amide bonds. The van der Waals surface area contributed by atoms with Gasteiger partial charge in [-0.05, 0) is 56.3 Å². The van der Waals surface area contributed by atoms with Crippen molar-refractivity contribution in [3.8, 4) is 5.75 Å². The maximum absolute atomic E-state index is 9.70. The first-order valence-electron chi connectivity index (χ1n) is 7.71. The Morgan fingerprint density at radius 3 is 2.26 bits per heavy atom. The number of aromatic hydroxyl groups is 1. The molecule has 4 heteroatoms. The van der Waals surface area contributed by atoms with Crippen molar-refractivity contribution in [2.24, 2.45) is 0 Å². The molecule has 0 heterocycles. The molecule has 0 aliphatic carbocycles. The van der Waals surface area contributed by atoms with Gasteiger partial charge in [0, 0.05) is 12.6 Å². The van der Waals surface area contributed by atoms with Gasteiger partial charge in [0.25, 0.3) is 0 Å². The molecule has 0 aliphatic rings. The monoisotopic (exact) mass is 335 g/mol. The second kappa shape index (κ2) is 9.56. The highest BCUT2D eigenvalue weighted by Crippen LogP contribution is 2.25. The molecule has 1 unspecified atom stereocenters. The van der Waals surface area contributed by atoms with Crippen molar-refractivity contribution in [2.45, 2.75) is 26.0 Å². The van der Waals surface area contributed by atoms with E-state index in [-0.39, 0.29) is 18.4 Å². The fourth-order valence-corrected chi connectivity index (χ4v) is 2.55. The third-order valence-corrected chi connectivity index (χ3v) is 3.80. The van der Waals surface area contributed by atoms with Gasteiger partial charge in [0.05, 0.1) is 6.61 Å². The summed E-state index contributed by atoms with van der Waals surface area (Å²) in [6, 6.07) is 16.3. The average molecular weight is 336 g/mol. The van der Waals surface area contributed by atoms with Crippen LogP contribution in [0.15, 0.2) is 48.5 Å². The summed E-state index contributed by atoms with van der Waals surface area (Å²) in [5.41, 5.74) is 3.61. The van der Waals surface area contributed by atoms with Gasteiger partial charge in [-0.15, -0.1) is 12.4 Å². The lowest BCUT2D eigenvalue weighted by molar-refractivity contribution is 0.134. The molecule has 0 spiro atoms. The van der Waals surface area contributed by atoms with Crippen LogP contribution in [0.1, 0.15) is 29.7 Å². The Hall–Kier alpha value is -1.55. The van der Waals surface area contributed by atoms with E-state index < -0.39 is 0 Å². The molecule has 0 radical (unpaired) electrons. The maximum atomic E-state index is 9.70. The molecule has 0 saturated carbocycles. The molecular formula is C19H26ClNO2. The lowest BCUT2D eigenvalue weighted by atomic mass is 9.97. The standard InChI is InChI=1S/C19H25NO2.ClH/c1-4-22-14-16-10-8-15(9-11-16)12-19(20(2)3)17-6-5-7-18(21)13-17;/h5-11,13,19,21H,4,12,14H2,1-3H3;1H. The van der Waals surface area contributed by atoms with Crippen LogP contribution < -0.4 is 0 Å². The van der Waals surface area contributed by atoms with Crippen molar-refractivity contribution in [1.82, 2.24) is 4.90 Å². The van der Waals surface area contributed by atoms with Crippen LogP contribution in [0, 0.1) is 0 Å². The summed E-state index contributed by atoms with van der Waals surface area (Å²) >= 11 is 0. The summed E-state index contributed by atoms with van der Waals surface area (Å²) < 4.78 is 5.43. The van der Waals surface area contributed by atoms with Gasteiger partial charge in [0.15, 0.2) is 0 Å². The summed E-state index contributed by atoms with van der Waals surface area (Å²) in [4.78, 5) is 2.18. The lowest BCUT2D eigenvalue weighted by Crippen LogP contribution is -2.22. The second-order valence-electron chi connectivity index (χ2n) is 5.73. The number of ether oxygens (including phenoxy) is 1. The van der Waals surface area contributed by atoms with Gasteiger partial charge in [-0.3, -0.25) is 0 Å². The zero-order valence-electron chi connectivity index (χ0n) is 14.0. The second-order valence-corrected chi connectivity index (χ2v) is 5.73. The highest BCUT2D eigenvalue weighted by atomic mass is 35.5. The van der Waals surface area contributed by atoms with Crippen molar-refractivity contribution < 1.29 is 9.84 Å². The summed E-state index contributed by atoms with van der Waals surface area (Å²) in [6.45, 7) is 3.41. The number of hydrogen-bond acceptors (Lipinski definition) is 3. The first kappa shape index (κ1) is 19.5. The third kappa shape index (κ3) is 5.87. The van der Waals surface area contributed by atoms with Crippen LogP contribution in [-0.4, -0.2) is 30.7 Å². The molecule has 1 N–H and O–H groups in total. The molecule has 2 rings (SSSR count). The van der Waals surface area contributed by atoms with Crippen molar-refractivity contribution in [3.05, 3.63) is 65.2 Å². The third-order valence-electron chi connectivity index (χ3n) is 3.80. The number of phenolic OH excluding ortho intramolecular Hbond substituents is 1. The van der Waals surface area contributed by atoms with Gasteiger partial charge in [-0.1, -0.05) is 36.4 Å². The number of rotatable bonds is 7. The SMILES string of the molecule is CCOCc1ccc(CC(c2cccc(O)c2)N(C)C)cc1.Cl. The minimum absolute atomic E-state index is 0. The van der Waals surface area contributed by atoms with Crippen LogP contribution in [0.2, 0.25) is 0 Å². The van der Waals surface area contributed by atoms with E-state index >= 15 is 0 Å². The summed E-state index contributed by atoms with van der Waals surface area (Å²) in [7, 11) is 4.14. The minimum Gasteiger partial charge on any atom is -0.508 e. The molecule has 126 valence electrons. The van der Waals surface area contributed by atoms with Crippen LogP contribution >= 0.6 is 12.4 Å². The Labute approximate surface area is 145 Å². The van der Waals surface area contributed by atoms with Crippen LogP contribution in [-0.2, 0) is 17.8 Å². The topological polar surface area (TPSA) is 32.7 Å². The molecule has 0 saturated heterocycles. The van der Waals surface area contributed by atoms with E-state index in [0.29, 0.717) is 12.4 Å². The first-order valence-corrected chi connectivity index (χ1v) is 7.71. The van der Waals surface area contributed by atoms with Crippen molar-refractivity contribution >= 4 is 12.4 Å². The highest BCUT2D eigenvalue weighted by molar-refractivity contribution is 5.85. The molecule has 0 bridgehead atoms. The van der Waals surface area contributed by atoms with Gasteiger partial charge >= 0.3 is 0 Å². The first-order chi connectivity index (χ1) is 10.6. The molecule has 0 aliphatic heterocycles. The Kier molecular flexibility index (Phi) is 8.10. The van der Waals surface area contributed by atoms with Crippen LogP contribution in [0.25, 0.3) is 0 Å². The quantitative estimate of drug-likeness (QED) is 0.823. The van der Waals surface area contributed by atoms with E-state index in [0.717, 1.165) is 18.6 Å². The largest absolute Gasteiger partial charge is 0.508 e. The summed E-state index contributed by atoms with van der Waals surface area (Å²) in [6.07, 6.45) is 0.908. The Morgan fingerprint density at radius 1 is 1.04 bits per heavy atom. The zero-order chi connectivity index (χ0) is 15.9. The van der Waals surface area contributed by atoms with E-state index in [4.69, 9.17) is 4.74 Å². The number of hydrogen-bond donors (Lipinski definition) is 1. The van der Waals surface area contributed by atoms with Gasteiger partial charge in [-0.2, -0.15) is 0 Å². The van der Waals surface area contributed by atoms with Crippen molar-refractivity contribution in [2.75, 3.05) is 20.7 Å². The molecule has 2 aromatic rings. The lowest BCUT2D eigenvalue weighted by Gasteiger charge is -2.25. The zero-order valence-corrected chi connectivity index (χ0v) is 14.8. The predicted octanol–water partition coefficient (Wildman–Crippen LogP) is 4.20. The molecule has 0 aromatic heterocycles. The highest BCUT2D eigenvalue weighted by Gasteiger charge is 2.15.